The first kappa shape index (κ1) is 14.2. The number of aliphatic carboxylic acids is 1. The number of tetrazole rings is 1. The summed E-state index contributed by atoms with van der Waals surface area (Å²) >= 11 is 0. The van der Waals surface area contributed by atoms with E-state index in [0.29, 0.717) is 12.2 Å². The van der Waals surface area contributed by atoms with Crippen molar-refractivity contribution in [1.82, 2.24) is 20.2 Å². The van der Waals surface area contributed by atoms with Crippen molar-refractivity contribution >= 4 is 5.97 Å². The Hall–Kier alpha value is -2.24. The summed E-state index contributed by atoms with van der Waals surface area (Å²) in [6, 6.07) is 5.83. The predicted molar refractivity (Wildman–Crippen MR) is 74.3 cm³/mol. The van der Waals surface area contributed by atoms with Crippen molar-refractivity contribution in [2.24, 2.45) is 0 Å². The number of carbonyl (C=O) groups is 1. The second-order valence-electron chi connectivity index (χ2n) is 4.93. The third-order valence-corrected chi connectivity index (χ3v) is 3.35. The third kappa shape index (κ3) is 2.84. The molecule has 0 aliphatic rings. The molecule has 0 spiro atoms. The van der Waals surface area contributed by atoms with Gasteiger partial charge < -0.3 is 5.11 Å². The number of hydrogen-bond donors (Lipinski definition) is 1. The lowest BCUT2D eigenvalue weighted by Crippen LogP contribution is -2.16. The van der Waals surface area contributed by atoms with Gasteiger partial charge in [0.1, 0.15) is 0 Å². The number of aromatic nitrogens is 4. The monoisotopic (exact) mass is 274 g/mol. The lowest BCUT2D eigenvalue weighted by molar-refractivity contribution is -0.138. The maximum absolute atomic E-state index is 11.0. The van der Waals surface area contributed by atoms with Gasteiger partial charge in [0, 0.05) is 5.56 Å². The van der Waals surface area contributed by atoms with Gasteiger partial charge in [0.25, 0.3) is 0 Å². The summed E-state index contributed by atoms with van der Waals surface area (Å²) in [6.07, 6.45) is 0.675. The Morgan fingerprint density at radius 1 is 1.40 bits per heavy atom. The fraction of sp³-hybridized carbons (Fsp3) is 0.429. The molecule has 0 saturated carbocycles. The molecule has 106 valence electrons. The minimum Gasteiger partial charge on any atom is -0.481 e. The van der Waals surface area contributed by atoms with E-state index in [1.165, 1.54) is 0 Å². The van der Waals surface area contributed by atoms with Crippen molar-refractivity contribution in [2.75, 3.05) is 0 Å². The topological polar surface area (TPSA) is 80.9 Å². The largest absolute Gasteiger partial charge is 0.481 e. The van der Waals surface area contributed by atoms with Gasteiger partial charge in [-0.3, -0.25) is 4.79 Å². The number of carboxylic acids is 1. The van der Waals surface area contributed by atoms with Gasteiger partial charge in [-0.1, -0.05) is 24.6 Å². The predicted octanol–water partition coefficient (Wildman–Crippen LogP) is 2.38. The molecule has 1 unspecified atom stereocenters. The highest BCUT2D eigenvalue weighted by Gasteiger charge is 2.20. The fourth-order valence-corrected chi connectivity index (χ4v) is 2.20. The Morgan fingerprint density at radius 2 is 2.15 bits per heavy atom. The number of aryl methyl sites for hydroxylation is 2. The van der Waals surface area contributed by atoms with Crippen LogP contribution in [0, 0.1) is 13.8 Å². The van der Waals surface area contributed by atoms with E-state index in [-0.39, 0.29) is 12.5 Å². The lowest BCUT2D eigenvalue weighted by Gasteiger charge is -2.15. The number of carboxylic acid groups (broad SMARTS) is 1. The van der Waals surface area contributed by atoms with Gasteiger partial charge >= 0.3 is 5.97 Å². The van der Waals surface area contributed by atoms with Crippen LogP contribution in [0.15, 0.2) is 18.2 Å². The van der Waals surface area contributed by atoms with Gasteiger partial charge in [0.15, 0.2) is 5.82 Å². The van der Waals surface area contributed by atoms with Crippen LogP contribution >= 0.6 is 0 Å². The number of rotatable bonds is 5. The summed E-state index contributed by atoms with van der Waals surface area (Å²) in [4.78, 5) is 11.0. The summed E-state index contributed by atoms with van der Waals surface area (Å²) in [6.45, 7) is 5.93. The highest BCUT2D eigenvalue weighted by Crippen LogP contribution is 2.26. The van der Waals surface area contributed by atoms with Crippen LogP contribution in [0.3, 0.4) is 0 Å². The number of hydrogen-bond acceptors (Lipinski definition) is 4. The third-order valence-electron chi connectivity index (χ3n) is 3.35. The molecule has 1 atom stereocenters. The highest BCUT2D eigenvalue weighted by molar-refractivity contribution is 5.67. The molecule has 0 aliphatic carbocycles. The average Bonchev–Trinajstić information content (AvgIpc) is 2.87. The van der Waals surface area contributed by atoms with Gasteiger partial charge in [0.2, 0.25) is 0 Å². The number of benzene rings is 1. The minimum absolute atomic E-state index is 0.0133. The molecular weight excluding hydrogens is 256 g/mol. The van der Waals surface area contributed by atoms with Gasteiger partial charge in [-0.05, 0) is 42.3 Å². The molecule has 0 aliphatic heterocycles. The van der Waals surface area contributed by atoms with Crippen molar-refractivity contribution in [3.63, 3.8) is 0 Å². The standard InChI is InChI=1S/C14H18N4O2/c1-4-11(8-13(19)20)18-14(15-16-17-18)12-7-9(2)5-6-10(12)3/h5-7,11H,4,8H2,1-3H3,(H,19,20). The molecule has 1 aromatic heterocycles. The summed E-state index contributed by atoms with van der Waals surface area (Å²) < 4.78 is 1.62. The summed E-state index contributed by atoms with van der Waals surface area (Å²) in [7, 11) is 0. The second kappa shape index (κ2) is 5.81. The van der Waals surface area contributed by atoms with Crippen LogP contribution < -0.4 is 0 Å². The van der Waals surface area contributed by atoms with Gasteiger partial charge in [-0.2, -0.15) is 0 Å². The van der Waals surface area contributed by atoms with E-state index in [2.05, 4.69) is 15.5 Å². The number of nitrogens with zero attached hydrogens (tertiary/aromatic N) is 4. The lowest BCUT2D eigenvalue weighted by atomic mass is 10.0. The molecule has 2 aromatic rings. The van der Waals surface area contributed by atoms with Crippen molar-refractivity contribution in [3.8, 4) is 11.4 Å². The van der Waals surface area contributed by atoms with Gasteiger partial charge in [0.05, 0.1) is 12.5 Å². The van der Waals surface area contributed by atoms with Crippen LogP contribution in [0.1, 0.15) is 36.9 Å². The molecule has 0 radical (unpaired) electrons. The maximum atomic E-state index is 11.0. The van der Waals surface area contributed by atoms with Gasteiger partial charge in [-0.15, -0.1) is 5.10 Å². The summed E-state index contributed by atoms with van der Waals surface area (Å²) in [5.74, 6) is -0.224. The maximum Gasteiger partial charge on any atom is 0.305 e. The fourth-order valence-electron chi connectivity index (χ4n) is 2.20. The summed E-state index contributed by atoms with van der Waals surface area (Å²) in [5.41, 5.74) is 3.13. The Morgan fingerprint density at radius 3 is 2.80 bits per heavy atom. The molecule has 6 heteroatoms. The normalized spacial score (nSPS) is 12.3. The van der Waals surface area contributed by atoms with Crippen LogP contribution in [0.5, 0.6) is 0 Å². The van der Waals surface area contributed by atoms with E-state index in [4.69, 9.17) is 5.11 Å². The van der Waals surface area contributed by atoms with Crippen LogP contribution in [-0.2, 0) is 4.79 Å². The molecule has 2 rings (SSSR count). The SMILES string of the molecule is CCC(CC(=O)O)n1nnnc1-c1cc(C)ccc1C. The average molecular weight is 274 g/mol. The molecule has 6 nitrogen and oxygen atoms in total. The quantitative estimate of drug-likeness (QED) is 0.905. The smallest absolute Gasteiger partial charge is 0.305 e. The Bertz CT molecular complexity index is 621. The van der Waals surface area contributed by atoms with Gasteiger partial charge in [-0.25, -0.2) is 4.68 Å². The molecule has 0 saturated heterocycles. The molecular formula is C14H18N4O2. The molecule has 0 fully saturated rings. The zero-order chi connectivity index (χ0) is 14.7. The first-order valence-corrected chi connectivity index (χ1v) is 6.60. The first-order chi connectivity index (χ1) is 9.52. The second-order valence-corrected chi connectivity index (χ2v) is 4.93. The van der Waals surface area contributed by atoms with Crippen molar-refractivity contribution in [2.45, 2.75) is 39.7 Å². The molecule has 20 heavy (non-hydrogen) atoms. The molecule has 0 amide bonds. The van der Waals surface area contributed by atoms with E-state index in [0.717, 1.165) is 16.7 Å². The van der Waals surface area contributed by atoms with Crippen LogP contribution in [-0.4, -0.2) is 31.3 Å². The zero-order valence-electron chi connectivity index (χ0n) is 11.9. The minimum atomic E-state index is -0.848. The van der Waals surface area contributed by atoms with Crippen LogP contribution in [0.2, 0.25) is 0 Å². The Labute approximate surface area is 117 Å². The zero-order valence-corrected chi connectivity index (χ0v) is 11.9. The molecule has 1 N–H and O–H groups in total. The molecule has 1 heterocycles. The van der Waals surface area contributed by atoms with E-state index in [1.807, 2.05) is 39.0 Å². The summed E-state index contributed by atoms with van der Waals surface area (Å²) in [5, 5.41) is 20.8. The van der Waals surface area contributed by atoms with E-state index in [1.54, 1.807) is 4.68 Å². The van der Waals surface area contributed by atoms with E-state index in [9.17, 15) is 4.79 Å². The van der Waals surface area contributed by atoms with E-state index >= 15 is 0 Å². The van der Waals surface area contributed by atoms with Crippen LogP contribution in [0.25, 0.3) is 11.4 Å². The highest BCUT2D eigenvalue weighted by atomic mass is 16.4. The molecule has 1 aromatic carbocycles. The Kier molecular flexibility index (Phi) is 4.12. The Balaban J connectivity index is 2.46. The first-order valence-electron chi connectivity index (χ1n) is 6.60. The van der Waals surface area contributed by atoms with Crippen molar-refractivity contribution < 1.29 is 9.90 Å². The van der Waals surface area contributed by atoms with Crippen LogP contribution in [0.4, 0.5) is 0 Å². The van der Waals surface area contributed by atoms with Crippen molar-refractivity contribution in [1.29, 1.82) is 0 Å². The molecule has 0 bridgehead atoms. The van der Waals surface area contributed by atoms with Crippen molar-refractivity contribution in [3.05, 3.63) is 29.3 Å². The van der Waals surface area contributed by atoms with E-state index < -0.39 is 5.97 Å².